The van der Waals surface area contributed by atoms with E-state index < -0.39 is 0 Å². The number of rotatable bonds is 12. The molecule has 6 nitrogen and oxygen atoms in total. The monoisotopic (exact) mass is 471 g/mol. The minimum atomic E-state index is -0.121. The summed E-state index contributed by atoms with van der Waals surface area (Å²) in [6.07, 6.45) is 3.57. The first-order valence-corrected chi connectivity index (χ1v) is 12.2. The molecule has 4 rings (SSSR count). The van der Waals surface area contributed by atoms with Gasteiger partial charge in [-0.05, 0) is 62.6 Å². The van der Waals surface area contributed by atoms with Crippen LogP contribution in [0.5, 0.6) is 11.5 Å². The number of fused-ring (bicyclic) bond motifs is 1. The summed E-state index contributed by atoms with van der Waals surface area (Å²) >= 11 is 0. The number of nitrogens with zero attached hydrogens (tertiary/aromatic N) is 2. The van der Waals surface area contributed by atoms with Crippen LogP contribution in [0.1, 0.15) is 41.0 Å². The van der Waals surface area contributed by atoms with Gasteiger partial charge in [0, 0.05) is 19.5 Å². The number of ether oxygens (including phenoxy) is 2. The number of nitrogens with one attached hydrogen (secondary N) is 1. The van der Waals surface area contributed by atoms with Gasteiger partial charge in [0.2, 0.25) is 0 Å². The molecule has 0 spiro atoms. The molecule has 0 fully saturated rings. The quantitative estimate of drug-likeness (QED) is 0.274. The second kappa shape index (κ2) is 12.1. The molecule has 1 amide bonds. The summed E-state index contributed by atoms with van der Waals surface area (Å²) in [5, 5.41) is 3.00. The number of amides is 1. The molecule has 0 unspecified atom stereocenters. The molecule has 0 aliphatic heterocycles. The second-order valence-electron chi connectivity index (χ2n) is 8.60. The summed E-state index contributed by atoms with van der Waals surface area (Å²) in [5.74, 6) is 2.43. The molecule has 0 aliphatic rings. The predicted octanol–water partition coefficient (Wildman–Crippen LogP) is 5.58. The lowest BCUT2D eigenvalue weighted by molar-refractivity contribution is 0.0950. The van der Waals surface area contributed by atoms with Crippen molar-refractivity contribution in [2.75, 3.05) is 20.3 Å². The molecule has 3 aromatic carbocycles. The van der Waals surface area contributed by atoms with Crippen LogP contribution < -0.4 is 14.8 Å². The number of para-hydroxylation sites is 3. The predicted molar refractivity (Wildman–Crippen MR) is 139 cm³/mol. The van der Waals surface area contributed by atoms with E-state index in [0.29, 0.717) is 24.5 Å². The fourth-order valence-corrected chi connectivity index (χ4v) is 4.14. The van der Waals surface area contributed by atoms with Crippen LogP contribution in [-0.2, 0) is 13.0 Å². The topological polar surface area (TPSA) is 65.4 Å². The molecule has 4 aromatic rings. The van der Waals surface area contributed by atoms with Crippen LogP contribution in [0.3, 0.4) is 0 Å². The fourth-order valence-electron chi connectivity index (χ4n) is 4.14. The average Bonchev–Trinajstić information content (AvgIpc) is 3.24. The zero-order valence-electron chi connectivity index (χ0n) is 20.5. The van der Waals surface area contributed by atoms with E-state index in [1.54, 1.807) is 19.2 Å². The van der Waals surface area contributed by atoms with Crippen LogP contribution in [0.15, 0.2) is 72.8 Å². The van der Waals surface area contributed by atoms with E-state index in [0.717, 1.165) is 54.8 Å². The third kappa shape index (κ3) is 6.41. The molecule has 1 N–H and O–H groups in total. The van der Waals surface area contributed by atoms with E-state index >= 15 is 0 Å². The maximum absolute atomic E-state index is 12.5. The molecule has 1 heterocycles. The highest BCUT2D eigenvalue weighted by atomic mass is 16.5. The first-order valence-electron chi connectivity index (χ1n) is 12.2. The number of carbonyl (C=O) groups excluding carboxylic acids is 1. The number of benzene rings is 3. The summed E-state index contributed by atoms with van der Waals surface area (Å²) in [7, 11) is 1.57. The number of aromatic nitrogens is 2. The number of carbonyl (C=O) groups is 1. The third-order valence-electron chi connectivity index (χ3n) is 6.01. The molecule has 1 aromatic heterocycles. The molecular formula is C29H33N3O3. The van der Waals surface area contributed by atoms with E-state index in [1.165, 1.54) is 5.56 Å². The van der Waals surface area contributed by atoms with Crippen LogP contribution >= 0.6 is 0 Å². The van der Waals surface area contributed by atoms with E-state index in [2.05, 4.69) is 47.1 Å². The Balaban J connectivity index is 1.29. The van der Waals surface area contributed by atoms with Crippen molar-refractivity contribution in [3.8, 4) is 11.5 Å². The zero-order valence-corrected chi connectivity index (χ0v) is 20.5. The number of aryl methyl sites for hydroxylation is 3. The standard InChI is InChI=1S/C29H33N3O3/c1-22-15-17-23(18-16-22)35-21-8-7-20-32-26-12-5-4-11-25(26)31-28(32)14-9-19-30-29(33)24-10-3-6-13-27(24)34-2/h3-6,10-13,15-18H,7-9,14,19-21H2,1-2H3,(H,30,33). The van der Waals surface area contributed by atoms with Crippen molar-refractivity contribution in [3.63, 3.8) is 0 Å². The highest BCUT2D eigenvalue weighted by Crippen LogP contribution is 2.19. The Labute approximate surface area is 206 Å². The summed E-state index contributed by atoms with van der Waals surface area (Å²) in [4.78, 5) is 17.4. The van der Waals surface area contributed by atoms with Gasteiger partial charge in [0.15, 0.2) is 0 Å². The van der Waals surface area contributed by atoms with Crippen molar-refractivity contribution in [2.24, 2.45) is 0 Å². The zero-order chi connectivity index (χ0) is 24.5. The maximum Gasteiger partial charge on any atom is 0.255 e. The Hall–Kier alpha value is -3.80. The fraction of sp³-hybridized carbons (Fsp3) is 0.310. The van der Waals surface area contributed by atoms with Gasteiger partial charge in [0.1, 0.15) is 17.3 Å². The number of unbranched alkanes of at least 4 members (excludes halogenated alkanes) is 1. The molecule has 0 saturated carbocycles. The summed E-state index contributed by atoms with van der Waals surface area (Å²) in [5.41, 5.74) is 3.95. The molecule has 0 saturated heterocycles. The maximum atomic E-state index is 12.5. The Bertz CT molecular complexity index is 1250. The number of imidazole rings is 1. The lowest BCUT2D eigenvalue weighted by Crippen LogP contribution is -2.25. The van der Waals surface area contributed by atoms with Crippen LogP contribution in [0.25, 0.3) is 11.0 Å². The van der Waals surface area contributed by atoms with E-state index in [4.69, 9.17) is 14.5 Å². The Morgan fingerprint density at radius 2 is 1.71 bits per heavy atom. The normalized spacial score (nSPS) is 10.9. The largest absolute Gasteiger partial charge is 0.496 e. The SMILES string of the molecule is COc1ccccc1C(=O)NCCCc1nc2ccccc2n1CCCCOc1ccc(C)cc1. The number of hydrogen-bond acceptors (Lipinski definition) is 4. The van der Waals surface area contributed by atoms with Gasteiger partial charge in [0.05, 0.1) is 30.3 Å². The molecule has 0 bridgehead atoms. The van der Waals surface area contributed by atoms with Gasteiger partial charge in [-0.3, -0.25) is 4.79 Å². The van der Waals surface area contributed by atoms with Crippen LogP contribution in [0, 0.1) is 6.92 Å². The second-order valence-corrected chi connectivity index (χ2v) is 8.60. The molecule has 0 aliphatic carbocycles. The highest BCUT2D eigenvalue weighted by molar-refractivity contribution is 5.96. The van der Waals surface area contributed by atoms with Gasteiger partial charge in [-0.25, -0.2) is 4.98 Å². The van der Waals surface area contributed by atoms with E-state index in [1.807, 2.05) is 30.3 Å². The summed E-state index contributed by atoms with van der Waals surface area (Å²) in [6.45, 7) is 4.23. The summed E-state index contributed by atoms with van der Waals surface area (Å²) in [6, 6.07) is 23.7. The smallest absolute Gasteiger partial charge is 0.255 e. The molecular weight excluding hydrogens is 438 g/mol. The molecule has 0 atom stereocenters. The molecule has 182 valence electrons. The van der Waals surface area contributed by atoms with Crippen LogP contribution in [0.2, 0.25) is 0 Å². The van der Waals surface area contributed by atoms with Gasteiger partial charge in [-0.1, -0.05) is 42.0 Å². The number of methoxy groups -OCH3 is 1. The Kier molecular flexibility index (Phi) is 8.39. The van der Waals surface area contributed by atoms with Crippen LogP contribution in [0.4, 0.5) is 0 Å². The lowest BCUT2D eigenvalue weighted by Gasteiger charge is -2.11. The van der Waals surface area contributed by atoms with Gasteiger partial charge in [-0.2, -0.15) is 0 Å². The van der Waals surface area contributed by atoms with Crippen molar-refractivity contribution < 1.29 is 14.3 Å². The van der Waals surface area contributed by atoms with Gasteiger partial charge in [-0.15, -0.1) is 0 Å². The molecule has 35 heavy (non-hydrogen) atoms. The highest BCUT2D eigenvalue weighted by Gasteiger charge is 2.12. The third-order valence-corrected chi connectivity index (χ3v) is 6.01. The van der Waals surface area contributed by atoms with Gasteiger partial charge in [0.25, 0.3) is 5.91 Å². The van der Waals surface area contributed by atoms with Gasteiger partial charge >= 0.3 is 0 Å². The minimum absolute atomic E-state index is 0.121. The Morgan fingerprint density at radius 1 is 0.943 bits per heavy atom. The van der Waals surface area contributed by atoms with Crippen molar-refractivity contribution in [1.82, 2.24) is 14.9 Å². The first-order chi connectivity index (χ1) is 17.2. The minimum Gasteiger partial charge on any atom is -0.496 e. The van der Waals surface area contributed by atoms with E-state index in [-0.39, 0.29) is 5.91 Å². The first kappa shape index (κ1) is 24.3. The summed E-state index contributed by atoms with van der Waals surface area (Å²) < 4.78 is 13.5. The van der Waals surface area contributed by atoms with Crippen molar-refractivity contribution in [1.29, 1.82) is 0 Å². The lowest BCUT2D eigenvalue weighted by atomic mass is 10.2. The van der Waals surface area contributed by atoms with Crippen LogP contribution in [-0.4, -0.2) is 35.7 Å². The Morgan fingerprint density at radius 3 is 2.54 bits per heavy atom. The molecule has 0 radical (unpaired) electrons. The number of hydrogen-bond donors (Lipinski definition) is 1. The van der Waals surface area contributed by atoms with E-state index in [9.17, 15) is 4.79 Å². The van der Waals surface area contributed by atoms with Crippen molar-refractivity contribution in [3.05, 3.63) is 89.7 Å². The van der Waals surface area contributed by atoms with Gasteiger partial charge < -0.3 is 19.4 Å². The van der Waals surface area contributed by atoms with Crippen molar-refractivity contribution in [2.45, 2.75) is 39.2 Å². The molecule has 6 heteroatoms. The van der Waals surface area contributed by atoms with Crippen molar-refractivity contribution >= 4 is 16.9 Å². The average molecular weight is 472 g/mol.